The summed E-state index contributed by atoms with van der Waals surface area (Å²) in [6, 6.07) is 24.0. The fourth-order valence-corrected chi connectivity index (χ4v) is 4.28. The summed E-state index contributed by atoms with van der Waals surface area (Å²) in [5, 5.41) is 12.0. The number of morpholine rings is 1. The van der Waals surface area contributed by atoms with Crippen LogP contribution in [0.3, 0.4) is 0 Å². The van der Waals surface area contributed by atoms with E-state index in [0.29, 0.717) is 24.5 Å². The molecule has 0 aromatic heterocycles. The maximum Gasteiger partial charge on any atom is 0.123 e. The molecule has 0 saturated carbocycles. The van der Waals surface area contributed by atoms with Crippen LogP contribution in [-0.2, 0) is 23.3 Å². The second kappa shape index (κ2) is 9.60. The minimum absolute atomic E-state index is 0.254. The van der Waals surface area contributed by atoms with Gasteiger partial charge in [0.2, 0.25) is 0 Å². The van der Waals surface area contributed by atoms with Crippen LogP contribution in [-0.4, -0.2) is 42.9 Å². The maximum absolute atomic E-state index is 14.1. The highest BCUT2D eigenvalue weighted by Crippen LogP contribution is 2.36. The topological polar surface area (TPSA) is 41.9 Å². The smallest absolute Gasteiger partial charge is 0.123 e. The van der Waals surface area contributed by atoms with E-state index in [1.807, 2.05) is 42.5 Å². The predicted octanol–water partition coefficient (Wildman–Crippen LogP) is 4.17. The zero-order valence-electron chi connectivity index (χ0n) is 17.7. The summed E-state index contributed by atoms with van der Waals surface area (Å²) in [6.45, 7) is 2.59. The summed E-state index contributed by atoms with van der Waals surface area (Å²) >= 11 is 0. The van der Waals surface area contributed by atoms with Crippen LogP contribution in [0.1, 0.15) is 16.7 Å². The lowest BCUT2D eigenvalue weighted by Crippen LogP contribution is -2.53. The van der Waals surface area contributed by atoms with Crippen LogP contribution < -0.4 is 4.74 Å². The molecule has 0 aliphatic carbocycles. The fourth-order valence-electron chi connectivity index (χ4n) is 4.28. The number of ether oxygens (including phenoxy) is 2. The van der Waals surface area contributed by atoms with Crippen molar-refractivity contribution in [1.29, 1.82) is 0 Å². The number of methoxy groups -OCH3 is 1. The number of rotatable bonds is 7. The average Bonchev–Trinajstić information content (AvgIpc) is 2.80. The monoisotopic (exact) mass is 421 g/mol. The highest BCUT2D eigenvalue weighted by molar-refractivity contribution is 5.37. The number of aliphatic hydroxyl groups is 1. The summed E-state index contributed by atoms with van der Waals surface area (Å²) in [5.41, 5.74) is 1.15. The van der Waals surface area contributed by atoms with E-state index in [2.05, 4.69) is 17.0 Å². The van der Waals surface area contributed by atoms with Crippen LogP contribution >= 0.6 is 0 Å². The van der Waals surface area contributed by atoms with Gasteiger partial charge in [0.05, 0.1) is 13.7 Å². The van der Waals surface area contributed by atoms with Crippen LogP contribution in [0, 0.1) is 5.82 Å². The van der Waals surface area contributed by atoms with Crippen molar-refractivity contribution in [3.8, 4) is 5.75 Å². The summed E-state index contributed by atoms with van der Waals surface area (Å²) in [5.74, 6) is 0.308. The Bertz CT molecular complexity index is 997. The molecule has 4 rings (SSSR count). The van der Waals surface area contributed by atoms with Gasteiger partial charge in [0, 0.05) is 26.1 Å². The Hall–Kier alpha value is -2.73. The summed E-state index contributed by atoms with van der Waals surface area (Å²) in [4.78, 5) is 2.27. The molecule has 0 amide bonds. The number of hydrogen-bond donors (Lipinski definition) is 1. The molecule has 2 atom stereocenters. The van der Waals surface area contributed by atoms with Gasteiger partial charge in [-0.15, -0.1) is 0 Å². The van der Waals surface area contributed by atoms with E-state index in [-0.39, 0.29) is 12.2 Å². The molecule has 1 saturated heterocycles. The van der Waals surface area contributed by atoms with Gasteiger partial charge >= 0.3 is 0 Å². The van der Waals surface area contributed by atoms with Crippen molar-refractivity contribution in [3.63, 3.8) is 0 Å². The molecule has 1 aliphatic rings. The molecule has 1 N–H and O–H groups in total. The fraction of sp³-hybridized carbons (Fsp3) is 0.308. The van der Waals surface area contributed by atoms with Gasteiger partial charge in [0.25, 0.3) is 0 Å². The molecule has 162 valence electrons. The van der Waals surface area contributed by atoms with Crippen LogP contribution in [0.2, 0.25) is 0 Å². The van der Waals surface area contributed by atoms with E-state index in [4.69, 9.17) is 9.47 Å². The molecule has 3 aromatic carbocycles. The van der Waals surface area contributed by atoms with Crippen LogP contribution in [0.15, 0.2) is 78.9 Å². The lowest BCUT2D eigenvalue weighted by Gasteiger charge is -2.42. The van der Waals surface area contributed by atoms with Crippen LogP contribution in [0.25, 0.3) is 0 Å². The predicted molar refractivity (Wildman–Crippen MR) is 118 cm³/mol. The Balaban J connectivity index is 1.65. The molecule has 0 spiro atoms. The van der Waals surface area contributed by atoms with Gasteiger partial charge in [-0.3, -0.25) is 4.90 Å². The molecular formula is C26H28FNO3. The van der Waals surface area contributed by atoms with E-state index < -0.39 is 11.7 Å². The number of nitrogens with zero attached hydrogens (tertiary/aromatic N) is 1. The molecule has 1 unspecified atom stereocenters. The number of benzene rings is 3. The Morgan fingerprint density at radius 2 is 1.84 bits per heavy atom. The van der Waals surface area contributed by atoms with Gasteiger partial charge < -0.3 is 14.6 Å². The van der Waals surface area contributed by atoms with Crippen molar-refractivity contribution in [2.75, 3.05) is 26.8 Å². The van der Waals surface area contributed by atoms with Gasteiger partial charge in [0.15, 0.2) is 0 Å². The van der Waals surface area contributed by atoms with Gasteiger partial charge in [-0.25, -0.2) is 4.39 Å². The Morgan fingerprint density at radius 3 is 2.61 bits per heavy atom. The third-order valence-electron chi connectivity index (χ3n) is 5.91. The van der Waals surface area contributed by atoms with E-state index in [9.17, 15) is 9.50 Å². The molecule has 0 bridgehead atoms. The summed E-state index contributed by atoms with van der Waals surface area (Å²) in [6.07, 6.45) is -0.263. The molecular weight excluding hydrogens is 393 g/mol. The maximum atomic E-state index is 14.1. The largest absolute Gasteiger partial charge is 0.496 e. The highest BCUT2D eigenvalue weighted by atomic mass is 19.1. The molecule has 1 heterocycles. The number of halogens is 1. The first kappa shape index (κ1) is 21.5. The Labute approximate surface area is 182 Å². The first-order chi connectivity index (χ1) is 15.1. The average molecular weight is 422 g/mol. The van der Waals surface area contributed by atoms with Gasteiger partial charge in [-0.05, 0) is 34.9 Å². The number of para-hydroxylation sites is 1. The second-order valence-corrected chi connectivity index (χ2v) is 8.00. The molecule has 1 aliphatic heterocycles. The van der Waals surface area contributed by atoms with E-state index in [1.165, 1.54) is 17.7 Å². The molecule has 1 fully saturated rings. The molecule has 0 radical (unpaired) electrons. The van der Waals surface area contributed by atoms with Crippen molar-refractivity contribution in [1.82, 2.24) is 4.90 Å². The molecule has 4 nitrogen and oxygen atoms in total. The summed E-state index contributed by atoms with van der Waals surface area (Å²) in [7, 11) is 1.61. The van der Waals surface area contributed by atoms with Gasteiger partial charge in [-0.2, -0.15) is 0 Å². The number of hydrogen-bond acceptors (Lipinski definition) is 4. The van der Waals surface area contributed by atoms with E-state index in [0.717, 1.165) is 18.7 Å². The standard InChI is InChI=1S/C26H28FNO3/c1-30-24-13-6-5-10-21(24)17-26(29,22-11-7-12-23(27)16-22)25-19-28(14-15-31-25)18-20-8-3-2-4-9-20/h2-13,16,25,29H,14-15,17-19H2,1H3/t25-,26?/m0/s1. The third-order valence-corrected chi connectivity index (χ3v) is 5.91. The lowest BCUT2D eigenvalue weighted by atomic mass is 9.81. The second-order valence-electron chi connectivity index (χ2n) is 8.00. The van der Waals surface area contributed by atoms with E-state index in [1.54, 1.807) is 19.2 Å². The minimum atomic E-state index is -1.41. The highest BCUT2D eigenvalue weighted by Gasteiger charge is 2.42. The van der Waals surface area contributed by atoms with Crippen LogP contribution in [0.5, 0.6) is 5.75 Å². The lowest BCUT2D eigenvalue weighted by molar-refractivity contribution is -0.150. The van der Waals surface area contributed by atoms with Gasteiger partial charge in [0.1, 0.15) is 23.3 Å². The van der Waals surface area contributed by atoms with Crippen molar-refractivity contribution >= 4 is 0 Å². The van der Waals surface area contributed by atoms with Crippen LogP contribution in [0.4, 0.5) is 4.39 Å². The molecule has 5 heteroatoms. The normalized spacial score (nSPS) is 19.0. The first-order valence-electron chi connectivity index (χ1n) is 10.6. The SMILES string of the molecule is COc1ccccc1CC(O)(c1cccc(F)c1)[C@@H]1CN(Cc2ccccc2)CCO1. The Kier molecular flexibility index (Phi) is 6.66. The van der Waals surface area contributed by atoms with Crippen molar-refractivity contribution in [3.05, 3.63) is 101 Å². The van der Waals surface area contributed by atoms with Crippen molar-refractivity contribution in [2.45, 2.75) is 24.7 Å². The zero-order valence-corrected chi connectivity index (χ0v) is 17.7. The zero-order chi connectivity index (χ0) is 21.7. The molecule has 3 aromatic rings. The van der Waals surface area contributed by atoms with Crippen molar-refractivity contribution in [2.24, 2.45) is 0 Å². The quantitative estimate of drug-likeness (QED) is 0.622. The third kappa shape index (κ3) is 4.96. The van der Waals surface area contributed by atoms with Gasteiger partial charge in [-0.1, -0.05) is 60.7 Å². The van der Waals surface area contributed by atoms with Crippen molar-refractivity contribution < 1.29 is 19.0 Å². The summed E-state index contributed by atoms with van der Waals surface area (Å²) < 4.78 is 25.7. The molecule has 31 heavy (non-hydrogen) atoms. The Morgan fingerprint density at radius 1 is 1.06 bits per heavy atom. The minimum Gasteiger partial charge on any atom is -0.496 e. The first-order valence-corrected chi connectivity index (χ1v) is 10.6. The van der Waals surface area contributed by atoms with E-state index >= 15 is 0 Å².